The van der Waals surface area contributed by atoms with Gasteiger partial charge in [-0.3, -0.25) is 0 Å². The normalized spacial score (nSPS) is 10.4. The van der Waals surface area contributed by atoms with Gasteiger partial charge in [-0.25, -0.2) is 9.97 Å². The molecule has 4 heteroatoms. The second-order valence-corrected chi connectivity index (χ2v) is 4.26. The Morgan fingerprint density at radius 3 is 2.26 bits per heavy atom. The van der Waals surface area contributed by atoms with Crippen LogP contribution in [-0.4, -0.2) is 19.9 Å². The fourth-order valence-electron chi connectivity index (χ4n) is 1.96. The Balaban J connectivity index is 0.000000117. The van der Waals surface area contributed by atoms with Crippen molar-refractivity contribution in [1.82, 2.24) is 19.9 Å². The number of para-hydroxylation sites is 4. The average Bonchev–Trinajstić information content (AvgIpc) is 3.03. The van der Waals surface area contributed by atoms with Gasteiger partial charge in [0.25, 0.3) is 0 Å². The number of rotatable bonds is 0. The summed E-state index contributed by atoms with van der Waals surface area (Å²) in [4.78, 5) is 14.5. The van der Waals surface area contributed by atoms with E-state index in [9.17, 15) is 0 Å². The van der Waals surface area contributed by atoms with E-state index < -0.39 is 0 Å². The Morgan fingerprint density at radius 2 is 1.53 bits per heavy atom. The fourth-order valence-corrected chi connectivity index (χ4v) is 1.96. The van der Waals surface area contributed by atoms with Gasteiger partial charge in [0.05, 0.1) is 28.4 Å². The molecule has 2 N–H and O–H groups in total. The van der Waals surface area contributed by atoms with Crippen molar-refractivity contribution in [3.8, 4) is 0 Å². The lowest BCUT2D eigenvalue weighted by Gasteiger charge is -1.81. The molecule has 0 atom stereocenters. The molecule has 0 unspecified atom stereocenters. The highest BCUT2D eigenvalue weighted by Gasteiger charge is 1.94. The summed E-state index contributed by atoms with van der Waals surface area (Å²) >= 11 is 0. The Bertz CT molecular complexity index is 735. The molecule has 4 nitrogen and oxygen atoms in total. The van der Waals surface area contributed by atoms with Crippen LogP contribution in [0.5, 0.6) is 0 Å². The molecule has 0 aliphatic rings. The summed E-state index contributed by atoms with van der Waals surface area (Å²) in [6, 6.07) is 16.0. The van der Waals surface area contributed by atoms with Crippen molar-refractivity contribution < 1.29 is 0 Å². The third-order valence-electron chi connectivity index (χ3n) is 2.84. The molecule has 0 bridgehead atoms. The second kappa shape index (κ2) is 4.94. The summed E-state index contributed by atoms with van der Waals surface area (Å²) in [5.41, 5.74) is 4.27. The van der Waals surface area contributed by atoms with E-state index in [1.807, 2.05) is 55.5 Å². The maximum Gasteiger partial charge on any atom is 0.104 e. The van der Waals surface area contributed by atoms with Gasteiger partial charge in [-0.05, 0) is 31.2 Å². The van der Waals surface area contributed by atoms with Gasteiger partial charge in [-0.15, -0.1) is 0 Å². The highest BCUT2D eigenvalue weighted by atomic mass is 14.9. The molecular weight excluding hydrogens is 236 g/mol. The van der Waals surface area contributed by atoms with E-state index in [2.05, 4.69) is 19.9 Å². The molecule has 94 valence electrons. The lowest BCUT2D eigenvalue weighted by molar-refractivity contribution is 1.17. The number of benzene rings is 2. The maximum absolute atomic E-state index is 4.26. The summed E-state index contributed by atoms with van der Waals surface area (Å²) in [7, 11) is 0. The molecule has 0 amide bonds. The number of aromatic nitrogens is 4. The number of hydrogen-bond donors (Lipinski definition) is 2. The first-order chi connectivity index (χ1) is 9.33. The predicted molar refractivity (Wildman–Crippen MR) is 76.9 cm³/mol. The van der Waals surface area contributed by atoms with E-state index in [0.29, 0.717) is 0 Å². The van der Waals surface area contributed by atoms with Gasteiger partial charge >= 0.3 is 0 Å². The molecular formula is C15H14N4. The van der Waals surface area contributed by atoms with Gasteiger partial charge in [-0.2, -0.15) is 0 Å². The van der Waals surface area contributed by atoms with E-state index in [4.69, 9.17) is 0 Å². The van der Waals surface area contributed by atoms with Crippen LogP contribution >= 0.6 is 0 Å². The predicted octanol–water partition coefficient (Wildman–Crippen LogP) is 3.43. The van der Waals surface area contributed by atoms with Crippen molar-refractivity contribution in [2.24, 2.45) is 0 Å². The lowest BCUT2D eigenvalue weighted by Crippen LogP contribution is -1.68. The number of aromatic amines is 2. The van der Waals surface area contributed by atoms with Crippen LogP contribution in [0.15, 0.2) is 54.9 Å². The van der Waals surface area contributed by atoms with E-state index in [1.165, 1.54) is 0 Å². The van der Waals surface area contributed by atoms with Crippen LogP contribution in [0.2, 0.25) is 0 Å². The zero-order valence-electron chi connectivity index (χ0n) is 10.6. The number of imidazole rings is 2. The molecule has 0 aliphatic carbocycles. The molecule has 4 aromatic rings. The quantitative estimate of drug-likeness (QED) is 0.502. The van der Waals surface area contributed by atoms with Crippen LogP contribution < -0.4 is 0 Å². The lowest BCUT2D eigenvalue weighted by atomic mass is 10.3. The zero-order chi connectivity index (χ0) is 13.1. The molecule has 0 radical (unpaired) electrons. The van der Waals surface area contributed by atoms with Crippen LogP contribution in [0.4, 0.5) is 0 Å². The van der Waals surface area contributed by atoms with Gasteiger partial charge in [-0.1, -0.05) is 24.3 Å². The third-order valence-corrected chi connectivity index (χ3v) is 2.84. The first-order valence-electron chi connectivity index (χ1n) is 6.12. The monoisotopic (exact) mass is 250 g/mol. The van der Waals surface area contributed by atoms with Gasteiger partial charge in [0, 0.05) is 0 Å². The van der Waals surface area contributed by atoms with Crippen molar-refractivity contribution in [2.45, 2.75) is 6.92 Å². The van der Waals surface area contributed by atoms with Crippen molar-refractivity contribution in [1.29, 1.82) is 0 Å². The van der Waals surface area contributed by atoms with Crippen LogP contribution in [0.25, 0.3) is 22.1 Å². The van der Waals surface area contributed by atoms with E-state index in [0.717, 1.165) is 27.9 Å². The average molecular weight is 250 g/mol. The van der Waals surface area contributed by atoms with Crippen molar-refractivity contribution in [2.75, 3.05) is 0 Å². The van der Waals surface area contributed by atoms with Crippen LogP contribution in [0, 0.1) is 6.92 Å². The number of fused-ring (bicyclic) bond motifs is 2. The number of H-pyrrole nitrogens is 2. The third kappa shape index (κ3) is 2.47. The summed E-state index contributed by atoms with van der Waals surface area (Å²) in [6.45, 7) is 1.96. The number of nitrogens with zero attached hydrogens (tertiary/aromatic N) is 2. The molecule has 2 aromatic heterocycles. The van der Waals surface area contributed by atoms with Crippen molar-refractivity contribution >= 4 is 22.1 Å². The number of nitrogens with one attached hydrogen (secondary N) is 2. The molecule has 4 rings (SSSR count). The minimum atomic E-state index is 0.973. The van der Waals surface area contributed by atoms with Crippen LogP contribution in [0.3, 0.4) is 0 Å². The molecule has 2 aromatic carbocycles. The second-order valence-electron chi connectivity index (χ2n) is 4.26. The van der Waals surface area contributed by atoms with Crippen LogP contribution in [-0.2, 0) is 0 Å². The Hall–Kier alpha value is -2.62. The molecule has 19 heavy (non-hydrogen) atoms. The first kappa shape index (κ1) is 11.5. The highest BCUT2D eigenvalue weighted by Crippen LogP contribution is 2.08. The zero-order valence-corrected chi connectivity index (χ0v) is 10.6. The molecule has 0 aliphatic heterocycles. The summed E-state index contributed by atoms with van der Waals surface area (Å²) in [6.07, 6.45) is 1.70. The van der Waals surface area contributed by atoms with Crippen molar-refractivity contribution in [3.05, 3.63) is 60.7 Å². The smallest absolute Gasteiger partial charge is 0.104 e. The summed E-state index contributed by atoms with van der Waals surface area (Å²) < 4.78 is 0. The van der Waals surface area contributed by atoms with E-state index in [-0.39, 0.29) is 0 Å². The Kier molecular flexibility index (Phi) is 2.98. The van der Waals surface area contributed by atoms with E-state index >= 15 is 0 Å². The van der Waals surface area contributed by atoms with Crippen LogP contribution in [0.1, 0.15) is 5.82 Å². The highest BCUT2D eigenvalue weighted by molar-refractivity contribution is 5.74. The molecule has 2 heterocycles. The largest absolute Gasteiger partial charge is 0.345 e. The first-order valence-corrected chi connectivity index (χ1v) is 6.12. The Morgan fingerprint density at radius 1 is 0.842 bits per heavy atom. The number of hydrogen-bond acceptors (Lipinski definition) is 2. The van der Waals surface area contributed by atoms with Gasteiger partial charge in [0.2, 0.25) is 0 Å². The SMILES string of the molecule is Cc1nc2ccccc2[nH]1.c1ccc2[nH]cnc2c1. The summed E-state index contributed by atoms with van der Waals surface area (Å²) in [5, 5.41) is 0. The number of aryl methyl sites for hydroxylation is 1. The van der Waals surface area contributed by atoms with Crippen molar-refractivity contribution in [3.63, 3.8) is 0 Å². The van der Waals surface area contributed by atoms with Gasteiger partial charge in [0.15, 0.2) is 0 Å². The fraction of sp³-hybridized carbons (Fsp3) is 0.0667. The standard InChI is InChI=1S/C8H8N2.C7H6N2/c1-6-9-7-4-2-3-5-8(7)10-6;1-2-4-7-6(3-1)8-5-9-7/h2-5H,1H3,(H,9,10);1-5H,(H,8,9). The molecule has 0 spiro atoms. The van der Waals surface area contributed by atoms with Gasteiger partial charge in [0.1, 0.15) is 5.82 Å². The van der Waals surface area contributed by atoms with Gasteiger partial charge < -0.3 is 9.97 Å². The molecule has 0 saturated heterocycles. The molecule has 0 saturated carbocycles. The van der Waals surface area contributed by atoms with E-state index in [1.54, 1.807) is 6.33 Å². The topological polar surface area (TPSA) is 57.4 Å². The minimum Gasteiger partial charge on any atom is -0.345 e. The Labute approximate surface area is 110 Å². The summed E-state index contributed by atoms with van der Waals surface area (Å²) in [5.74, 6) is 0.973. The maximum atomic E-state index is 4.26. The minimum absolute atomic E-state index is 0.973. The molecule has 0 fully saturated rings.